The van der Waals surface area contributed by atoms with Gasteiger partial charge in [-0.05, 0) is 46.4 Å². The molecule has 0 heterocycles. The number of carboxylic acids is 2. The van der Waals surface area contributed by atoms with E-state index in [9.17, 15) is 14.4 Å². The van der Waals surface area contributed by atoms with Crippen molar-refractivity contribution in [3.8, 4) is 5.75 Å². The number of esters is 1. The number of benzene rings is 2. The van der Waals surface area contributed by atoms with E-state index >= 15 is 0 Å². The molecule has 0 aliphatic carbocycles. The Labute approximate surface area is 163 Å². The summed E-state index contributed by atoms with van der Waals surface area (Å²) in [6, 6.07) is 12.0. The maximum absolute atomic E-state index is 12.0. The van der Waals surface area contributed by atoms with Gasteiger partial charge in [0, 0.05) is 6.08 Å². The number of ether oxygens (including phenoxy) is 1. The summed E-state index contributed by atoms with van der Waals surface area (Å²) in [6.07, 6.45) is 2.19. The highest BCUT2D eigenvalue weighted by atomic mass is 16.5. The molecule has 0 atom stereocenters. The predicted octanol–water partition coefficient (Wildman–Crippen LogP) is 3.68. The van der Waals surface area contributed by atoms with Crippen LogP contribution in [0.5, 0.6) is 5.75 Å². The normalized spacial score (nSPS) is 11.0. The first kappa shape index (κ1) is 20.9. The molecule has 2 aromatic rings. The molecule has 0 spiro atoms. The molecule has 0 radical (unpaired) electrons. The van der Waals surface area contributed by atoms with Gasteiger partial charge < -0.3 is 14.9 Å². The van der Waals surface area contributed by atoms with Crippen molar-refractivity contribution in [2.75, 3.05) is 0 Å². The van der Waals surface area contributed by atoms with Gasteiger partial charge in [0.2, 0.25) is 0 Å². The standard InChI is InChI=1S/C22H22O6/c1-14(2)16-6-8-19(9-7-16)28-22(27)10-4-15-3-5-17(12-20(23)24)18(11-15)13-21(25)26/h3-11,14H,12-13H2,1-2H3,(H,23,24)(H,25,26)/b10-4+. The molecule has 2 aromatic carbocycles. The molecular weight excluding hydrogens is 360 g/mol. The molecule has 2 rings (SSSR count). The maximum Gasteiger partial charge on any atom is 0.336 e. The second kappa shape index (κ2) is 9.50. The fourth-order valence-corrected chi connectivity index (χ4v) is 2.65. The van der Waals surface area contributed by atoms with E-state index in [4.69, 9.17) is 14.9 Å². The van der Waals surface area contributed by atoms with Gasteiger partial charge in [0.15, 0.2) is 0 Å². The van der Waals surface area contributed by atoms with Crippen LogP contribution in [0.25, 0.3) is 6.08 Å². The van der Waals surface area contributed by atoms with Gasteiger partial charge in [-0.25, -0.2) is 4.79 Å². The van der Waals surface area contributed by atoms with Crippen LogP contribution >= 0.6 is 0 Å². The van der Waals surface area contributed by atoms with Gasteiger partial charge in [-0.2, -0.15) is 0 Å². The summed E-state index contributed by atoms with van der Waals surface area (Å²) >= 11 is 0. The molecule has 6 nitrogen and oxygen atoms in total. The minimum Gasteiger partial charge on any atom is -0.481 e. The van der Waals surface area contributed by atoms with Crippen molar-refractivity contribution in [2.45, 2.75) is 32.6 Å². The lowest BCUT2D eigenvalue weighted by atomic mass is 9.99. The van der Waals surface area contributed by atoms with Gasteiger partial charge in [-0.15, -0.1) is 0 Å². The zero-order valence-corrected chi connectivity index (χ0v) is 15.7. The molecule has 0 unspecified atom stereocenters. The Morgan fingerprint density at radius 2 is 1.54 bits per heavy atom. The average molecular weight is 382 g/mol. The van der Waals surface area contributed by atoms with E-state index in [0.717, 1.165) is 5.56 Å². The lowest BCUT2D eigenvalue weighted by Gasteiger charge is -2.08. The van der Waals surface area contributed by atoms with Crippen molar-refractivity contribution < 1.29 is 29.3 Å². The van der Waals surface area contributed by atoms with E-state index in [-0.39, 0.29) is 12.8 Å². The molecule has 2 N–H and O–H groups in total. The van der Waals surface area contributed by atoms with E-state index in [1.54, 1.807) is 30.3 Å². The van der Waals surface area contributed by atoms with Gasteiger partial charge in [0.05, 0.1) is 12.8 Å². The Morgan fingerprint density at radius 1 is 0.929 bits per heavy atom. The number of aliphatic carboxylic acids is 2. The summed E-state index contributed by atoms with van der Waals surface area (Å²) < 4.78 is 5.24. The molecule has 0 aliphatic heterocycles. The molecule has 6 heteroatoms. The fraction of sp³-hybridized carbons (Fsp3) is 0.227. The maximum atomic E-state index is 12.0. The monoisotopic (exact) mass is 382 g/mol. The van der Waals surface area contributed by atoms with Crippen molar-refractivity contribution in [2.24, 2.45) is 0 Å². The third-order valence-electron chi connectivity index (χ3n) is 4.09. The van der Waals surface area contributed by atoms with Crippen LogP contribution in [-0.2, 0) is 27.2 Å². The van der Waals surface area contributed by atoms with Gasteiger partial charge in [-0.3, -0.25) is 9.59 Å². The lowest BCUT2D eigenvalue weighted by molar-refractivity contribution is -0.137. The Kier molecular flexibility index (Phi) is 7.09. The average Bonchev–Trinajstić information content (AvgIpc) is 2.61. The second-order valence-electron chi connectivity index (χ2n) is 6.65. The van der Waals surface area contributed by atoms with Gasteiger partial charge in [0.1, 0.15) is 5.75 Å². The van der Waals surface area contributed by atoms with Crippen molar-refractivity contribution in [1.82, 2.24) is 0 Å². The van der Waals surface area contributed by atoms with E-state index in [2.05, 4.69) is 13.8 Å². The molecule has 28 heavy (non-hydrogen) atoms. The summed E-state index contributed by atoms with van der Waals surface area (Å²) in [4.78, 5) is 33.9. The highest BCUT2D eigenvalue weighted by Gasteiger charge is 2.11. The van der Waals surface area contributed by atoms with Crippen LogP contribution in [-0.4, -0.2) is 28.1 Å². The van der Waals surface area contributed by atoms with E-state index < -0.39 is 17.9 Å². The molecule has 0 amide bonds. The Hall–Kier alpha value is -3.41. The van der Waals surface area contributed by atoms with Gasteiger partial charge in [-0.1, -0.05) is 44.2 Å². The molecule has 0 saturated heterocycles. The number of carbonyl (C=O) groups excluding carboxylic acids is 1. The zero-order valence-electron chi connectivity index (χ0n) is 15.7. The van der Waals surface area contributed by atoms with Crippen LogP contribution < -0.4 is 4.74 Å². The number of rotatable bonds is 8. The van der Waals surface area contributed by atoms with Crippen LogP contribution in [0.1, 0.15) is 42.0 Å². The first-order chi connectivity index (χ1) is 13.2. The smallest absolute Gasteiger partial charge is 0.336 e. The SMILES string of the molecule is CC(C)c1ccc(OC(=O)/C=C/c2ccc(CC(=O)O)c(CC(=O)O)c2)cc1. The molecule has 0 fully saturated rings. The molecular formula is C22H22O6. The third-order valence-corrected chi connectivity index (χ3v) is 4.09. The summed E-state index contributed by atoms with van der Waals surface area (Å²) in [7, 11) is 0. The van der Waals surface area contributed by atoms with Crippen LogP contribution in [0.15, 0.2) is 48.5 Å². The molecule has 0 saturated carbocycles. The van der Waals surface area contributed by atoms with Gasteiger partial charge >= 0.3 is 17.9 Å². The largest absolute Gasteiger partial charge is 0.481 e. The van der Waals surface area contributed by atoms with Crippen LogP contribution in [0.3, 0.4) is 0 Å². The van der Waals surface area contributed by atoms with Crippen LogP contribution in [0, 0.1) is 0 Å². The predicted molar refractivity (Wildman–Crippen MR) is 104 cm³/mol. The molecule has 0 aromatic heterocycles. The summed E-state index contributed by atoms with van der Waals surface area (Å²) in [5, 5.41) is 17.9. The highest BCUT2D eigenvalue weighted by molar-refractivity contribution is 5.88. The topological polar surface area (TPSA) is 101 Å². The highest BCUT2D eigenvalue weighted by Crippen LogP contribution is 2.19. The third kappa shape index (κ3) is 6.39. The van der Waals surface area contributed by atoms with Crippen LogP contribution in [0.4, 0.5) is 0 Å². The van der Waals surface area contributed by atoms with E-state index in [0.29, 0.717) is 28.4 Å². The van der Waals surface area contributed by atoms with Crippen molar-refractivity contribution in [3.05, 3.63) is 70.8 Å². The fourth-order valence-electron chi connectivity index (χ4n) is 2.65. The van der Waals surface area contributed by atoms with Crippen molar-refractivity contribution >= 4 is 24.0 Å². The number of carboxylic acid groups (broad SMARTS) is 2. The van der Waals surface area contributed by atoms with Crippen molar-refractivity contribution in [1.29, 1.82) is 0 Å². The van der Waals surface area contributed by atoms with E-state index in [1.807, 2.05) is 12.1 Å². The van der Waals surface area contributed by atoms with Crippen molar-refractivity contribution in [3.63, 3.8) is 0 Å². The van der Waals surface area contributed by atoms with Gasteiger partial charge in [0.25, 0.3) is 0 Å². The lowest BCUT2D eigenvalue weighted by Crippen LogP contribution is -2.08. The quantitative estimate of drug-likeness (QED) is 0.410. The summed E-state index contributed by atoms with van der Waals surface area (Å²) in [6.45, 7) is 4.15. The second-order valence-corrected chi connectivity index (χ2v) is 6.65. The van der Waals surface area contributed by atoms with E-state index in [1.165, 1.54) is 12.2 Å². The van der Waals surface area contributed by atoms with Crippen LogP contribution in [0.2, 0.25) is 0 Å². The number of hydrogen-bond acceptors (Lipinski definition) is 4. The molecule has 146 valence electrons. The number of hydrogen-bond donors (Lipinski definition) is 2. The Balaban J connectivity index is 2.10. The summed E-state index contributed by atoms with van der Waals surface area (Å²) in [5.41, 5.74) is 2.55. The first-order valence-electron chi connectivity index (χ1n) is 8.80. The molecule has 0 bridgehead atoms. The Morgan fingerprint density at radius 3 is 2.11 bits per heavy atom. The summed E-state index contributed by atoms with van der Waals surface area (Å²) in [5.74, 6) is -1.85. The number of carbonyl (C=O) groups is 3. The Bertz CT molecular complexity index is 894. The minimum absolute atomic E-state index is 0.263. The zero-order chi connectivity index (χ0) is 20.7. The first-order valence-corrected chi connectivity index (χ1v) is 8.80. The minimum atomic E-state index is -1.06. The molecule has 0 aliphatic rings.